The van der Waals surface area contributed by atoms with Gasteiger partial charge in [0, 0.05) is 0 Å². The van der Waals surface area contributed by atoms with Gasteiger partial charge in [0.15, 0.2) is 3.92 Å². The Kier molecular flexibility index (Phi) is 4.53. The summed E-state index contributed by atoms with van der Waals surface area (Å²) >= 11 is 4.64. The van der Waals surface area contributed by atoms with Gasteiger partial charge in [-0.2, -0.15) is 0 Å². The number of hydrogen-bond donors (Lipinski definition) is 0. The van der Waals surface area contributed by atoms with Crippen molar-refractivity contribution in [2.24, 2.45) is 0 Å². The zero-order valence-electron chi connectivity index (χ0n) is 6.92. The molecule has 0 radical (unpaired) electrons. The maximum Gasteiger partial charge on any atom is 0.294 e. The Labute approximate surface area is 84.3 Å². The fraction of sp³-hybridized carbons (Fsp3) is 0.714. The van der Waals surface area contributed by atoms with E-state index in [9.17, 15) is 0 Å². The predicted molar refractivity (Wildman–Crippen MR) is 52.6 cm³/mol. The van der Waals surface area contributed by atoms with Gasteiger partial charge in [0.1, 0.15) is 0 Å². The maximum absolute atomic E-state index is 5.34. The Morgan fingerprint density at radius 3 is 2.83 bits per heavy atom. The normalized spacial score (nSPS) is 10.2. The molecule has 1 rings (SSSR count). The average molecular weight is 251 g/mol. The third-order valence-corrected chi connectivity index (χ3v) is 2.62. The second-order valence-electron chi connectivity index (χ2n) is 2.38. The highest BCUT2D eigenvalue weighted by atomic mass is 79.9. The van der Waals surface area contributed by atoms with E-state index in [1.165, 1.54) is 24.2 Å². The SMILES string of the molecule is CCCCCOc1nnc(Br)s1. The molecule has 1 heterocycles. The van der Waals surface area contributed by atoms with E-state index in [2.05, 4.69) is 33.1 Å². The van der Waals surface area contributed by atoms with Crippen molar-refractivity contribution in [2.75, 3.05) is 6.61 Å². The van der Waals surface area contributed by atoms with Gasteiger partial charge in [-0.3, -0.25) is 0 Å². The van der Waals surface area contributed by atoms with E-state index in [4.69, 9.17) is 4.74 Å². The number of aromatic nitrogens is 2. The van der Waals surface area contributed by atoms with Crippen molar-refractivity contribution in [1.29, 1.82) is 0 Å². The molecule has 0 aliphatic carbocycles. The summed E-state index contributed by atoms with van der Waals surface area (Å²) in [4.78, 5) is 0. The molecule has 0 saturated heterocycles. The lowest BCUT2D eigenvalue weighted by molar-refractivity contribution is 0.302. The number of rotatable bonds is 5. The molecule has 0 spiro atoms. The minimum atomic E-state index is 0.651. The van der Waals surface area contributed by atoms with Crippen molar-refractivity contribution < 1.29 is 4.74 Å². The van der Waals surface area contributed by atoms with Crippen LogP contribution in [-0.4, -0.2) is 16.8 Å². The van der Waals surface area contributed by atoms with Crippen LogP contribution < -0.4 is 4.74 Å². The topological polar surface area (TPSA) is 35.0 Å². The molecular formula is C7H11BrN2OS. The van der Waals surface area contributed by atoms with Crippen LogP contribution in [0, 0.1) is 0 Å². The molecule has 0 aliphatic heterocycles. The number of ether oxygens (including phenoxy) is 1. The monoisotopic (exact) mass is 250 g/mol. The fourth-order valence-corrected chi connectivity index (χ4v) is 1.71. The van der Waals surface area contributed by atoms with Gasteiger partial charge in [0.05, 0.1) is 6.61 Å². The molecule has 0 amide bonds. The smallest absolute Gasteiger partial charge is 0.294 e. The van der Waals surface area contributed by atoms with Crippen LogP contribution in [-0.2, 0) is 0 Å². The standard InChI is InChI=1S/C7H11BrN2OS/c1-2-3-4-5-11-7-10-9-6(8)12-7/h2-5H2,1H3. The van der Waals surface area contributed by atoms with Crippen LogP contribution in [0.25, 0.3) is 0 Å². The van der Waals surface area contributed by atoms with Crippen LogP contribution in [0.5, 0.6) is 5.19 Å². The third-order valence-electron chi connectivity index (χ3n) is 1.36. The van der Waals surface area contributed by atoms with E-state index >= 15 is 0 Å². The molecule has 0 N–H and O–H groups in total. The van der Waals surface area contributed by atoms with Crippen molar-refractivity contribution in [1.82, 2.24) is 10.2 Å². The van der Waals surface area contributed by atoms with Gasteiger partial charge in [0.2, 0.25) is 0 Å². The number of halogens is 1. The summed E-state index contributed by atoms with van der Waals surface area (Å²) in [6.45, 7) is 2.91. The van der Waals surface area contributed by atoms with Crippen LogP contribution in [0.1, 0.15) is 26.2 Å². The molecule has 5 heteroatoms. The van der Waals surface area contributed by atoms with Crippen LogP contribution in [0.4, 0.5) is 0 Å². The lowest BCUT2D eigenvalue weighted by Gasteiger charge is -1.98. The molecule has 12 heavy (non-hydrogen) atoms. The van der Waals surface area contributed by atoms with Crippen LogP contribution >= 0.6 is 27.3 Å². The molecule has 0 saturated carbocycles. The van der Waals surface area contributed by atoms with Crippen molar-refractivity contribution >= 4 is 27.3 Å². The number of nitrogens with zero attached hydrogens (tertiary/aromatic N) is 2. The van der Waals surface area contributed by atoms with Crippen molar-refractivity contribution in [3.63, 3.8) is 0 Å². The highest BCUT2D eigenvalue weighted by Crippen LogP contribution is 2.22. The van der Waals surface area contributed by atoms with Gasteiger partial charge in [0.25, 0.3) is 5.19 Å². The molecule has 0 aliphatic rings. The number of unbranched alkanes of at least 4 members (excludes halogenated alkanes) is 2. The molecule has 0 fully saturated rings. The van der Waals surface area contributed by atoms with Crippen LogP contribution in [0.15, 0.2) is 3.92 Å². The minimum absolute atomic E-state index is 0.651. The quantitative estimate of drug-likeness (QED) is 0.755. The third kappa shape index (κ3) is 3.49. The summed E-state index contributed by atoms with van der Waals surface area (Å²) in [5.41, 5.74) is 0. The Morgan fingerprint density at radius 1 is 1.42 bits per heavy atom. The second-order valence-corrected chi connectivity index (χ2v) is 4.59. The van der Waals surface area contributed by atoms with E-state index in [0.717, 1.165) is 16.9 Å². The highest BCUT2D eigenvalue weighted by Gasteiger charge is 2.00. The fourth-order valence-electron chi connectivity index (χ4n) is 0.763. The van der Waals surface area contributed by atoms with Gasteiger partial charge in [-0.25, -0.2) is 0 Å². The first kappa shape index (κ1) is 9.92. The first-order chi connectivity index (χ1) is 5.83. The Bertz CT molecular complexity index is 229. The van der Waals surface area contributed by atoms with E-state index in [0.29, 0.717) is 5.19 Å². The molecule has 0 aromatic carbocycles. The summed E-state index contributed by atoms with van der Waals surface area (Å²) in [6.07, 6.45) is 3.51. The second kappa shape index (κ2) is 5.48. The lowest BCUT2D eigenvalue weighted by atomic mass is 10.3. The summed E-state index contributed by atoms with van der Waals surface area (Å²) in [5, 5.41) is 8.24. The van der Waals surface area contributed by atoms with E-state index in [-0.39, 0.29) is 0 Å². The van der Waals surface area contributed by atoms with Gasteiger partial charge in [-0.1, -0.05) is 24.9 Å². The van der Waals surface area contributed by atoms with E-state index in [1.54, 1.807) is 0 Å². The zero-order valence-corrected chi connectivity index (χ0v) is 9.32. The highest BCUT2D eigenvalue weighted by molar-refractivity contribution is 9.11. The van der Waals surface area contributed by atoms with Gasteiger partial charge in [-0.15, -0.1) is 5.10 Å². The molecule has 1 aromatic heterocycles. The minimum Gasteiger partial charge on any atom is -0.469 e. The molecule has 0 atom stereocenters. The maximum atomic E-state index is 5.34. The first-order valence-corrected chi connectivity index (χ1v) is 5.55. The van der Waals surface area contributed by atoms with Gasteiger partial charge < -0.3 is 4.74 Å². The summed E-state index contributed by atoms with van der Waals surface area (Å²) in [6, 6.07) is 0. The van der Waals surface area contributed by atoms with E-state index < -0.39 is 0 Å². The molecule has 68 valence electrons. The van der Waals surface area contributed by atoms with Crippen LogP contribution in [0.2, 0.25) is 0 Å². The molecule has 3 nitrogen and oxygen atoms in total. The summed E-state index contributed by atoms with van der Waals surface area (Å²) in [5.74, 6) is 0. The van der Waals surface area contributed by atoms with Crippen molar-refractivity contribution in [3.05, 3.63) is 3.92 Å². The lowest BCUT2D eigenvalue weighted by Crippen LogP contribution is -1.96. The van der Waals surface area contributed by atoms with Crippen molar-refractivity contribution in [3.8, 4) is 5.19 Å². The largest absolute Gasteiger partial charge is 0.469 e. The van der Waals surface area contributed by atoms with Crippen molar-refractivity contribution in [2.45, 2.75) is 26.2 Å². The summed E-state index contributed by atoms with van der Waals surface area (Å²) < 4.78 is 6.12. The average Bonchev–Trinajstić information content (AvgIpc) is 2.45. The van der Waals surface area contributed by atoms with E-state index in [1.807, 2.05) is 0 Å². The zero-order chi connectivity index (χ0) is 8.81. The molecular weight excluding hydrogens is 240 g/mol. The molecule has 0 unspecified atom stereocenters. The predicted octanol–water partition coefficient (Wildman–Crippen LogP) is 2.87. The van der Waals surface area contributed by atoms with Gasteiger partial charge in [-0.05, 0) is 33.7 Å². The van der Waals surface area contributed by atoms with Crippen LogP contribution in [0.3, 0.4) is 0 Å². The Balaban J connectivity index is 2.15. The summed E-state index contributed by atoms with van der Waals surface area (Å²) in [7, 11) is 0. The first-order valence-electron chi connectivity index (χ1n) is 3.94. The molecule has 0 bridgehead atoms. The number of hydrogen-bond acceptors (Lipinski definition) is 4. The van der Waals surface area contributed by atoms with Gasteiger partial charge >= 0.3 is 0 Å². The Morgan fingerprint density at radius 2 is 2.25 bits per heavy atom. The Hall–Kier alpha value is -0.160. The molecule has 1 aromatic rings.